The first-order valence-electron chi connectivity index (χ1n) is 8.78. The first kappa shape index (κ1) is 18.3. The molecule has 2 aromatic rings. The molecule has 0 spiro atoms. The summed E-state index contributed by atoms with van der Waals surface area (Å²) in [5, 5.41) is 3.12. The quantitative estimate of drug-likeness (QED) is 0.887. The van der Waals surface area contributed by atoms with Crippen molar-refractivity contribution in [3.8, 4) is 0 Å². The van der Waals surface area contributed by atoms with Gasteiger partial charge in [0.2, 0.25) is 5.91 Å². The number of benzene rings is 1. The molecule has 1 aliphatic heterocycles. The first-order chi connectivity index (χ1) is 12.5. The van der Waals surface area contributed by atoms with Crippen LogP contribution in [0.5, 0.6) is 0 Å². The number of anilines is 1. The molecule has 0 saturated carbocycles. The van der Waals surface area contributed by atoms with Gasteiger partial charge in [-0.1, -0.05) is 12.1 Å². The molecule has 0 aliphatic carbocycles. The normalized spacial score (nSPS) is 16.5. The number of carbonyl (C=O) groups is 1. The SMILES string of the molecule is CN(C)[C@@H](C(=O)NC1CCN(c2cnccn2)CC1)c1cccc(F)c1. The van der Waals surface area contributed by atoms with Gasteiger partial charge in [0.1, 0.15) is 17.7 Å². The number of hydrogen-bond acceptors (Lipinski definition) is 5. The maximum Gasteiger partial charge on any atom is 0.242 e. The third-order valence-corrected chi connectivity index (χ3v) is 4.64. The maximum absolute atomic E-state index is 13.6. The number of aromatic nitrogens is 2. The third kappa shape index (κ3) is 4.35. The van der Waals surface area contributed by atoms with Crippen molar-refractivity contribution in [1.82, 2.24) is 20.2 Å². The fourth-order valence-electron chi connectivity index (χ4n) is 3.35. The van der Waals surface area contributed by atoms with Crippen LogP contribution in [-0.2, 0) is 4.79 Å². The first-order valence-corrected chi connectivity index (χ1v) is 8.78. The van der Waals surface area contributed by atoms with E-state index in [4.69, 9.17) is 0 Å². The number of halogens is 1. The highest BCUT2D eigenvalue weighted by atomic mass is 19.1. The molecule has 6 nitrogen and oxygen atoms in total. The Balaban J connectivity index is 1.60. The van der Waals surface area contributed by atoms with Crippen LogP contribution in [0.2, 0.25) is 0 Å². The zero-order chi connectivity index (χ0) is 18.5. The van der Waals surface area contributed by atoms with Gasteiger partial charge in [-0.05, 0) is 44.6 Å². The highest BCUT2D eigenvalue weighted by Crippen LogP contribution is 2.21. The van der Waals surface area contributed by atoms with E-state index in [1.165, 1.54) is 12.1 Å². The Morgan fingerprint density at radius 1 is 1.31 bits per heavy atom. The van der Waals surface area contributed by atoms with Crippen LogP contribution in [0.3, 0.4) is 0 Å². The Kier molecular flexibility index (Phi) is 5.78. The van der Waals surface area contributed by atoms with E-state index in [1.54, 1.807) is 35.6 Å². The number of nitrogens with one attached hydrogen (secondary N) is 1. The van der Waals surface area contributed by atoms with Gasteiger partial charge in [0.15, 0.2) is 0 Å². The van der Waals surface area contributed by atoms with E-state index in [2.05, 4.69) is 20.2 Å². The van der Waals surface area contributed by atoms with Gasteiger partial charge in [-0.25, -0.2) is 9.37 Å². The Labute approximate surface area is 153 Å². The third-order valence-electron chi connectivity index (χ3n) is 4.64. The molecule has 0 unspecified atom stereocenters. The van der Waals surface area contributed by atoms with Crippen molar-refractivity contribution in [2.75, 3.05) is 32.1 Å². The van der Waals surface area contributed by atoms with Gasteiger partial charge in [-0.2, -0.15) is 0 Å². The molecule has 0 radical (unpaired) electrons. The number of rotatable bonds is 5. The molecule has 26 heavy (non-hydrogen) atoms. The summed E-state index contributed by atoms with van der Waals surface area (Å²) in [5.74, 6) is 0.432. The van der Waals surface area contributed by atoms with Crippen LogP contribution >= 0.6 is 0 Å². The summed E-state index contributed by atoms with van der Waals surface area (Å²) < 4.78 is 13.6. The fourth-order valence-corrected chi connectivity index (χ4v) is 3.35. The van der Waals surface area contributed by atoms with Gasteiger partial charge >= 0.3 is 0 Å². The average Bonchev–Trinajstić information content (AvgIpc) is 2.63. The van der Waals surface area contributed by atoms with E-state index in [0.717, 1.165) is 31.7 Å². The zero-order valence-electron chi connectivity index (χ0n) is 15.1. The molecular weight excluding hydrogens is 333 g/mol. The second-order valence-electron chi connectivity index (χ2n) is 6.75. The van der Waals surface area contributed by atoms with Gasteiger partial charge < -0.3 is 10.2 Å². The van der Waals surface area contributed by atoms with Crippen LogP contribution in [-0.4, -0.2) is 54.0 Å². The lowest BCUT2D eigenvalue weighted by molar-refractivity contribution is -0.126. The van der Waals surface area contributed by atoms with Crippen LogP contribution in [0.15, 0.2) is 42.9 Å². The Morgan fingerprint density at radius 2 is 2.08 bits per heavy atom. The number of likely N-dealkylation sites (N-methyl/N-ethyl adjacent to an activating group) is 1. The zero-order valence-corrected chi connectivity index (χ0v) is 15.1. The van der Waals surface area contributed by atoms with Crippen molar-refractivity contribution in [1.29, 1.82) is 0 Å². The predicted molar refractivity (Wildman–Crippen MR) is 98.2 cm³/mol. The summed E-state index contributed by atoms with van der Waals surface area (Å²) in [4.78, 5) is 25.2. The molecule has 1 aliphatic rings. The summed E-state index contributed by atoms with van der Waals surface area (Å²) in [5.41, 5.74) is 0.657. The average molecular weight is 357 g/mol. The number of piperidine rings is 1. The molecule has 1 N–H and O–H groups in total. The molecule has 3 rings (SSSR count). The maximum atomic E-state index is 13.6. The number of nitrogens with zero attached hydrogens (tertiary/aromatic N) is 4. The molecular formula is C19H24FN5O. The van der Waals surface area contributed by atoms with Crippen molar-refractivity contribution < 1.29 is 9.18 Å². The summed E-state index contributed by atoms with van der Waals surface area (Å²) in [7, 11) is 3.65. The molecule has 1 saturated heterocycles. The molecule has 138 valence electrons. The number of amides is 1. The van der Waals surface area contributed by atoms with Gasteiger partial charge in [0.25, 0.3) is 0 Å². The minimum Gasteiger partial charge on any atom is -0.355 e. The summed E-state index contributed by atoms with van der Waals surface area (Å²) in [6.45, 7) is 1.63. The van der Waals surface area contributed by atoms with Gasteiger partial charge in [0, 0.05) is 31.5 Å². The molecule has 1 fully saturated rings. The van der Waals surface area contributed by atoms with Crippen molar-refractivity contribution in [3.05, 3.63) is 54.2 Å². The lowest BCUT2D eigenvalue weighted by Crippen LogP contribution is -2.48. The minimum absolute atomic E-state index is 0.0986. The molecule has 0 bridgehead atoms. The molecule has 1 amide bonds. The standard InChI is InChI=1S/C19H24FN5O/c1-24(2)18(14-4-3-5-15(20)12-14)19(26)23-16-6-10-25(11-7-16)17-13-21-8-9-22-17/h3-5,8-9,12-13,16,18H,6-7,10-11H2,1-2H3,(H,23,26)/t18-/m1/s1. The smallest absolute Gasteiger partial charge is 0.242 e. The minimum atomic E-state index is -0.510. The lowest BCUT2D eigenvalue weighted by Gasteiger charge is -2.34. The van der Waals surface area contributed by atoms with Gasteiger partial charge in [-0.3, -0.25) is 14.7 Å². The highest BCUT2D eigenvalue weighted by Gasteiger charge is 2.27. The van der Waals surface area contributed by atoms with Crippen LogP contribution < -0.4 is 10.2 Å². The van der Waals surface area contributed by atoms with E-state index in [1.807, 2.05) is 14.1 Å². The van der Waals surface area contributed by atoms with Gasteiger partial charge in [-0.15, -0.1) is 0 Å². The van der Waals surface area contributed by atoms with Crippen LogP contribution in [0, 0.1) is 5.82 Å². The van der Waals surface area contributed by atoms with Crippen LogP contribution in [0.4, 0.5) is 10.2 Å². The van der Waals surface area contributed by atoms with Crippen molar-refractivity contribution in [2.45, 2.75) is 24.9 Å². The Morgan fingerprint density at radius 3 is 2.69 bits per heavy atom. The largest absolute Gasteiger partial charge is 0.355 e. The number of carbonyl (C=O) groups excluding carboxylic acids is 1. The predicted octanol–water partition coefficient (Wildman–Crippen LogP) is 2.00. The molecule has 1 aromatic carbocycles. The van der Waals surface area contributed by atoms with E-state index in [0.29, 0.717) is 5.56 Å². The van der Waals surface area contributed by atoms with Crippen molar-refractivity contribution in [3.63, 3.8) is 0 Å². The second kappa shape index (κ2) is 8.23. The molecule has 2 heterocycles. The second-order valence-corrected chi connectivity index (χ2v) is 6.75. The molecule has 1 atom stereocenters. The van der Waals surface area contributed by atoms with Crippen LogP contribution in [0.1, 0.15) is 24.4 Å². The van der Waals surface area contributed by atoms with E-state index < -0.39 is 6.04 Å². The molecule has 7 heteroatoms. The molecule has 1 aromatic heterocycles. The number of hydrogen-bond donors (Lipinski definition) is 1. The van der Waals surface area contributed by atoms with Crippen molar-refractivity contribution in [2.24, 2.45) is 0 Å². The van der Waals surface area contributed by atoms with Crippen molar-refractivity contribution >= 4 is 11.7 Å². The summed E-state index contributed by atoms with van der Waals surface area (Å²) >= 11 is 0. The van der Waals surface area contributed by atoms with E-state index in [9.17, 15) is 9.18 Å². The summed E-state index contributed by atoms with van der Waals surface area (Å²) in [6.07, 6.45) is 6.77. The summed E-state index contributed by atoms with van der Waals surface area (Å²) in [6, 6.07) is 5.81. The lowest BCUT2D eigenvalue weighted by atomic mass is 10.0. The Hall–Kier alpha value is -2.54. The fraction of sp³-hybridized carbons (Fsp3) is 0.421. The van der Waals surface area contributed by atoms with E-state index in [-0.39, 0.29) is 17.8 Å². The van der Waals surface area contributed by atoms with Crippen LogP contribution in [0.25, 0.3) is 0 Å². The Bertz CT molecular complexity index is 732. The monoisotopic (exact) mass is 357 g/mol. The van der Waals surface area contributed by atoms with E-state index >= 15 is 0 Å². The van der Waals surface area contributed by atoms with Gasteiger partial charge in [0.05, 0.1) is 6.20 Å². The highest BCUT2D eigenvalue weighted by molar-refractivity contribution is 5.83. The topological polar surface area (TPSA) is 61.4 Å².